The van der Waals surface area contributed by atoms with Gasteiger partial charge in [0.25, 0.3) is 5.91 Å². The predicted molar refractivity (Wildman–Crippen MR) is 79.0 cm³/mol. The fourth-order valence-electron chi connectivity index (χ4n) is 2.10. The van der Waals surface area contributed by atoms with Crippen molar-refractivity contribution < 1.29 is 14.3 Å². The third-order valence-electron chi connectivity index (χ3n) is 3.31. The van der Waals surface area contributed by atoms with Crippen LogP contribution < -0.4 is 16.4 Å². The summed E-state index contributed by atoms with van der Waals surface area (Å²) in [7, 11) is 1.58. The minimum absolute atomic E-state index is 0.107. The van der Waals surface area contributed by atoms with E-state index in [-0.39, 0.29) is 18.2 Å². The summed E-state index contributed by atoms with van der Waals surface area (Å²) in [4.78, 5) is 23.6. The molecule has 0 saturated heterocycles. The first-order valence-electron chi connectivity index (χ1n) is 7.13. The molecular formula is C14H22N4O3. The lowest BCUT2D eigenvalue weighted by atomic mass is 10.3. The van der Waals surface area contributed by atoms with E-state index >= 15 is 0 Å². The molecule has 0 aliphatic heterocycles. The third kappa shape index (κ3) is 4.49. The second-order valence-corrected chi connectivity index (χ2v) is 5.15. The van der Waals surface area contributed by atoms with Crippen LogP contribution in [-0.2, 0) is 9.53 Å². The van der Waals surface area contributed by atoms with E-state index in [2.05, 4.69) is 10.6 Å². The van der Waals surface area contributed by atoms with E-state index < -0.39 is 0 Å². The molecule has 1 aromatic heterocycles. The molecular weight excluding hydrogens is 272 g/mol. The number of nitrogens with one attached hydrogen (secondary N) is 2. The van der Waals surface area contributed by atoms with Crippen molar-refractivity contribution in [1.29, 1.82) is 0 Å². The highest BCUT2D eigenvalue weighted by molar-refractivity contribution is 5.94. The minimum atomic E-state index is -0.191. The van der Waals surface area contributed by atoms with E-state index in [0.29, 0.717) is 37.1 Å². The first-order chi connectivity index (χ1) is 10.1. The van der Waals surface area contributed by atoms with Crippen molar-refractivity contribution in [2.75, 3.05) is 32.5 Å². The van der Waals surface area contributed by atoms with Crippen molar-refractivity contribution in [2.24, 2.45) is 0 Å². The Morgan fingerprint density at radius 1 is 1.38 bits per heavy atom. The van der Waals surface area contributed by atoms with Gasteiger partial charge in [-0.25, -0.2) is 0 Å². The van der Waals surface area contributed by atoms with Gasteiger partial charge in [0.05, 0.1) is 12.3 Å². The Bertz CT molecular complexity index is 508. The van der Waals surface area contributed by atoms with Gasteiger partial charge in [-0.05, 0) is 18.9 Å². The van der Waals surface area contributed by atoms with Crippen molar-refractivity contribution >= 4 is 17.5 Å². The van der Waals surface area contributed by atoms with E-state index in [4.69, 9.17) is 10.5 Å². The van der Waals surface area contributed by atoms with Gasteiger partial charge in [-0.15, -0.1) is 0 Å². The summed E-state index contributed by atoms with van der Waals surface area (Å²) in [5, 5.41) is 5.45. The van der Waals surface area contributed by atoms with Gasteiger partial charge in [-0.1, -0.05) is 0 Å². The topological polar surface area (TPSA) is 98.4 Å². The summed E-state index contributed by atoms with van der Waals surface area (Å²) >= 11 is 0. The molecule has 1 fully saturated rings. The summed E-state index contributed by atoms with van der Waals surface area (Å²) in [6, 6.07) is 2.06. The van der Waals surface area contributed by atoms with Crippen molar-refractivity contribution in [3.05, 3.63) is 18.0 Å². The van der Waals surface area contributed by atoms with Gasteiger partial charge in [0.2, 0.25) is 5.91 Å². The monoisotopic (exact) mass is 294 g/mol. The molecule has 1 aromatic rings. The fraction of sp³-hybridized carbons (Fsp3) is 0.571. The number of rotatable bonds is 8. The van der Waals surface area contributed by atoms with Gasteiger partial charge in [0, 0.05) is 38.9 Å². The van der Waals surface area contributed by atoms with Crippen molar-refractivity contribution in [2.45, 2.75) is 25.3 Å². The summed E-state index contributed by atoms with van der Waals surface area (Å²) in [6.07, 6.45) is 4.20. The van der Waals surface area contributed by atoms with E-state index in [1.54, 1.807) is 19.4 Å². The summed E-state index contributed by atoms with van der Waals surface area (Å²) < 4.78 is 6.76. The predicted octanol–water partition coefficient (Wildman–Crippen LogP) is 0.288. The van der Waals surface area contributed by atoms with E-state index in [0.717, 1.165) is 12.8 Å². The molecule has 0 spiro atoms. The van der Waals surface area contributed by atoms with Gasteiger partial charge in [-0.2, -0.15) is 0 Å². The summed E-state index contributed by atoms with van der Waals surface area (Å²) in [5.74, 6) is -0.298. The molecule has 1 saturated carbocycles. The normalized spacial score (nSPS) is 14.0. The number of ether oxygens (including phenoxy) is 1. The summed E-state index contributed by atoms with van der Waals surface area (Å²) in [6.45, 7) is 1.25. The molecule has 0 bridgehead atoms. The van der Waals surface area contributed by atoms with Crippen LogP contribution in [0, 0.1) is 0 Å². The Labute approximate surface area is 123 Å². The lowest BCUT2D eigenvalue weighted by molar-refractivity contribution is -0.121. The highest BCUT2D eigenvalue weighted by atomic mass is 16.5. The molecule has 1 aliphatic carbocycles. The number of nitrogens with two attached hydrogens (primary N) is 1. The zero-order valence-corrected chi connectivity index (χ0v) is 12.2. The molecule has 2 rings (SSSR count). The minimum Gasteiger partial charge on any atom is -0.397 e. The maximum absolute atomic E-state index is 12.1. The number of aromatic nitrogens is 1. The Hall–Kier alpha value is -2.02. The first kappa shape index (κ1) is 15.4. The lowest BCUT2D eigenvalue weighted by Crippen LogP contribution is -2.32. The van der Waals surface area contributed by atoms with Gasteiger partial charge in [0.1, 0.15) is 5.69 Å². The van der Waals surface area contributed by atoms with Crippen molar-refractivity contribution in [3.8, 4) is 0 Å². The lowest BCUT2D eigenvalue weighted by Gasteiger charge is -2.09. The van der Waals surface area contributed by atoms with Crippen LogP contribution in [-0.4, -0.2) is 43.2 Å². The molecule has 21 heavy (non-hydrogen) atoms. The van der Waals surface area contributed by atoms with Crippen LogP contribution in [0.25, 0.3) is 0 Å². The number of nitrogens with zero attached hydrogens (tertiary/aromatic N) is 1. The third-order valence-corrected chi connectivity index (χ3v) is 3.31. The number of methoxy groups -OCH3 is 1. The van der Waals surface area contributed by atoms with E-state index in [1.807, 2.05) is 4.57 Å². The average Bonchev–Trinajstić information content (AvgIpc) is 3.21. The van der Waals surface area contributed by atoms with E-state index in [9.17, 15) is 9.59 Å². The van der Waals surface area contributed by atoms with Gasteiger partial charge in [-0.3, -0.25) is 9.59 Å². The van der Waals surface area contributed by atoms with Crippen LogP contribution in [0.4, 0.5) is 5.69 Å². The highest BCUT2D eigenvalue weighted by Crippen LogP contribution is 2.37. The molecule has 1 aliphatic rings. The molecule has 116 valence electrons. The van der Waals surface area contributed by atoms with Gasteiger partial charge >= 0.3 is 0 Å². The maximum Gasteiger partial charge on any atom is 0.268 e. The van der Waals surface area contributed by atoms with Crippen LogP contribution in [0.3, 0.4) is 0 Å². The largest absolute Gasteiger partial charge is 0.397 e. The van der Waals surface area contributed by atoms with Crippen LogP contribution in [0.5, 0.6) is 0 Å². The Kier molecular flexibility index (Phi) is 5.21. The number of hydrogen-bond donors (Lipinski definition) is 3. The number of nitrogen functional groups attached to an aromatic ring is 1. The fourth-order valence-corrected chi connectivity index (χ4v) is 2.10. The molecule has 0 radical (unpaired) electrons. The van der Waals surface area contributed by atoms with Crippen LogP contribution in [0.1, 0.15) is 35.8 Å². The highest BCUT2D eigenvalue weighted by Gasteiger charge is 2.27. The quantitative estimate of drug-likeness (QED) is 0.600. The number of carbonyl (C=O) groups is 2. The van der Waals surface area contributed by atoms with Crippen LogP contribution in [0.2, 0.25) is 0 Å². The van der Waals surface area contributed by atoms with Crippen molar-refractivity contribution in [3.63, 3.8) is 0 Å². The Balaban J connectivity index is 1.76. The Morgan fingerprint density at radius 3 is 2.81 bits per heavy atom. The second-order valence-electron chi connectivity index (χ2n) is 5.15. The van der Waals surface area contributed by atoms with E-state index in [1.165, 1.54) is 0 Å². The van der Waals surface area contributed by atoms with Crippen molar-refractivity contribution in [1.82, 2.24) is 15.2 Å². The SMILES string of the molecule is COCCNC(=O)CCNC(=O)c1cc(N)cn1C1CC1. The molecule has 0 unspecified atom stereocenters. The first-order valence-corrected chi connectivity index (χ1v) is 7.13. The zero-order valence-electron chi connectivity index (χ0n) is 12.2. The van der Waals surface area contributed by atoms with Gasteiger partial charge in [0.15, 0.2) is 0 Å². The molecule has 0 atom stereocenters. The number of carbonyl (C=O) groups excluding carboxylic acids is 2. The standard InChI is InChI=1S/C14H22N4O3/c1-21-7-6-16-13(19)4-5-17-14(20)12-8-10(15)9-18(12)11-2-3-11/h8-9,11H,2-7,15H2,1H3,(H,16,19)(H,17,20). The Morgan fingerprint density at radius 2 is 2.14 bits per heavy atom. The number of amides is 2. The van der Waals surface area contributed by atoms with Crippen LogP contribution in [0.15, 0.2) is 12.3 Å². The molecule has 0 aromatic carbocycles. The maximum atomic E-state index is 12.1. The molecule has 4 N–H and O–H groups in total. The molecule has 1 heterocycles. The second kappa shape index (κ2) is 7.12. The number of hydrogen-bond acceptors (Lipinski definition) is 4. The zero-order chi connectivity index (χ0) is 15.2. The molecule has 2 amide bonds. The van der Waals surface area contributed by atoms with Crippen LogP contribution >= 0.6 is 0 Å². The number of anilines is 1. The average molecular weight is 294 g/mol. The smallest absolute Gasteiger partial charge is 0.268 e. The molecule has 7 heteroatoms. The molecule has 7 nitrogen and oxygen atoms in total. The van der Waals surface area contributed by atoms with Gasteiger partial charge < -0.3 is 25.7 Å². The summed E-state index contributed by atoms with van der Waals surface area (Å²) in [5.41, 5.74) is 6.90.